The van der Waals surface area contributed by atoms with Crippen molar-refractivity contribution in [3.8, 4) is 0 Å². The molecule has 8 heteroatoms. The first-order chi connectivity index (χ1) is 15.5. The molecule has 0 amide bonds. The van der Waals surface area contributed by atoms with Gasteiger partial charge in [-0.1, -0.05) is 92.9 Å². The Morgan fingerprint density at radius 3 is 1.38 bits per heavy atom. The van der Waals surface area contributed by atoms with Crippen molar-refractivity contribution < 1.29 is 20.4 Å². The van der Waals surface area contributed by atoms with E-state index < -0.39 is 18.0 Å². The summed E-state index contributed by atoms with van der Waals surface area (Å²) in [6.07, 6.45) is 20.0. The van der Waals surface area contributed by atoms with Crippen LogP contribution in [0, 0.1) is 0 Å². The minimum Gasteiger partial charge on any atom is -0.381 e. The molecule has 0 fully saturated rings. The van der Waals surface area contributed by atoms with Gasteiger partial charge in [-0.05, 0) is 45.1 Å². The summed E-state index contributed by atoms with van der Waals surface area (Å²) in [5.74, 6) is 0. The Bertz CT molecular complexity index is 382. The maximum Gasteiger partial charge on any atom is 0.151 e. The van der Waals surface area contributed by atoms with Crippen molar-refractivity contribution in [3.05, 3.63) is 0 Å². The van der Waals surface area contributed by atoms with E-state index in [-0.39, 0.29) is 6.04 Å². The van der Waals surface area contributed by atoms with E-state index in [0.717, 1.165) is 51.5 Å². The molecular formula is C24H53N2O4PS. The third kappa shape index (κ3) is 23.7. The summed E-state index contributed by atoms with van der Waals surface area (Å²) in [6.45, 7) is 0.807. The first kappa shape index (κ1) is 32.5. The molecule has 4 atom stereocenters. The fourth-order valence-electron chi connectivity index (χ4n) is 3.96. The molecule has 32 heavy (non-hydrogen) atoms. The van der Waals surface area contributed by atoms with Crippen LogP contribution >= 0.6 is 22.0 Å². The number of unbranched alkanes of at least 4 members (excludes halogenated alkanes) is 14. The van der Waals surface area contributed by atoms with Crippen molar-refractivity contribution >= 4 is 22.0 Å². The molecule has 6 nitrogen and oxygen atoms in total. The Labute approximate surface area is 205 Å². The summed E-state index contributed by atoms with van der Waals surface area (Å²) in [5, 5.41) is 43.2. The van der Waals surface area contributed by atoms with Gasteiger partial charge in [0.25, 0.3) is 0 Å². The lowest BCUT2D eigenvalue weighted by atomic mass is 10.0. The van der Waals surface area contributed by atoms with Crippen molar-refractivity contribution in [2.75, 3.05) is 6.54 Å². The first-order valence-corrected chi connectivity index (χ1v) is 14.2. The van der Waals surface area contributed by atoms with Crippen LogP contribution < -0.4 is 10.4 Å². The molecule has 0 aromatic heterocycles. The molecule has 0 aliphatic heterocycles. The summed E-state index contributed by atoms with van der Waals surface area (Å²) in [7, 11) is 2.43. The Kier molecular flexibility index (Phi) is 25.1. The van der Waals surface area contributed by atoms with Gasteiger partial charge in [0, 0.05) is 6.04 Å². The largest absolute Gasteiger partial charge is 0.381 e. The van der Waals surface area contributed by atoms with Gasteiger partial charge in [-0.3, -0.25) is 10.4 Å². The molecule has 0 aliphatic carbocycles. The van der Waals surface area contributed by atoms with E-state index in [2.05, 4.69) is 32.4 Å². The molecule has 0 aromatic carbocycles. The molecular weight excluding hydrogens is 443 g/mol. The van der Waals surface area contributed by atoms with Gasteiger partial charge in [0.2, 0.25) is 0 Å². The van der Waals surface area contributed by atoms with Gasteiger partial charge in [-0.2, -0.15) is 0 Å². The van der Waals surface area contributed by atoms with Gasteiger partial charge in [0.05, 0.1) is 0 Å². The fourth-order valence-corrected chi connectivity index (χ4v) is 4.71. The molecule has 194 valence electrons. The van der Waals surface area contributed by atoms with E-state index in [9.17, 15) is 10.2 Å². The first-order valence-electron chi connectivity index (χ1n) is 13.1. The number of thiol groups is 1. The minimum atomic E-state index is -1.13. The summed E-state index contributed by atoms with van der Waals surface area (Å²) >= 11 is 4.05. The highest BCUT2D eigenvalue weighted by atomic mass is 32.1. The van der Waals surface area contributed by atoms with Crippen LogP contribution in [0.5, 0.6) is 0 Å². The standard InChI is InChI=1S/C24H53N2O4PS/c27-22(25-20-16-15-17-21(26-31)24(30)32)18-13-11-9-7-5-3-1-2-4-6-8-10-12-14-19-23(28)29/h21-30,32H,1-20,31H2/t21-,22?,24?/m1/s1. The maximum absolute atomic E-state index is 10.0. The molecule has 0 rings (SSSR count). The summed E-state index contributed by atoms with van der Waals surface area (Å²) in [4.78, 5) is 0. The zero-order valence-electron chi connectivity index (χ0n) is 20.3. The maximum atomic E-state index is 10.0. The van der Waals surface area contributed by atoms with Crippen LogP contribution in [0.2, 0.25) is 0 Å². The molecule has 0 aliphatic rings. The smallest absolute Gasteiger partial charge is 0.151 e. The summed E-state index contributed by atoms with van der Waals surface area (Å²) in [5.41, 5.74) is -0.646. The van der Waals surface area contributed by atoms with E-state index in [4.69, 9.17) is 10.2 Å². The Hall–Kier alpha value is 0.540. The van der Waals surface area contributed by atoms with Gasteiger partial charge in [0.15, 0.2) is 6.29 Å². The van der Waals surface area contributed by atoms with E-state index in [1.54, 1.807) is 0 Å². The number of nitrogens with one attached hydrogen (secondary N) is 2. The monoisotopic (exact) mass is 496 g/mol. The number of rotatable bonds is 25. The van der Waals surface area contributed by atoms with Gasteiger partial charge in [-0.25, -0.2) is 0 Å². The van der Waals surface area contributed by atoms with E-state index in [1.807, 2.05) is 0 Å². The second kappa shape index (κ2) is 24.7. The van der Waals surface area contributed by atoms with Crippen LogP contribution in [-0.4, -0.2) is 51.0 Å². The highest BCUT2D eigenvalue weighted by molar-refractivity contribution is 7.80. The van der Waals surface area contributed by atoms with Gasteiger partial charge < -0.3 is 20.4 Å². The van der Waals surface area contributed by atoms with Crippen LogP contribution in [0.15, 0.2) is 0 Å². The average molecular weight is 497 g/mol. The number of hydrogen-bond donors (Lipinski definition) is 7. The summed E-state index contributed by atoms with van der Waals surface area (Å²) < 4.78 is 0. The van der Waals surface area contributed by atoms with Crippen LogP contribution in [0.1, 0.15) is 122 Å². The van der Waals surface area contributed by atoms with Crippen molar-refractivity contribution in [2.24, 2.45) is 0 Å². The highest BCUT2D eigenvalue weighted by Gasteiger charge is 2.12. The molecule has 0 spiro atoms. The molecule has 0 saturated carbocycles. The van der Waals surface area contributed by atoms with Crippen LogP contribution in [0.25, 0.3) is 0 Å². The van der Waals surface area contributed by atoms with E-state index in [0.29, 0.717) is 6.42 Å². The predicted molar refractivity (Wildman–Crippen MR) is 142 cm³/mol. The number of hydrogen-bond acceptors (Lipinski definition) is 7. The zero-order valence-corrected chi connectivity index (χ0v) is 22.3. The van der Waals surface area contributed by atoms with Crippen molar-refractivity contribution in [1.29, 1.82) is 0 Å². The predicted octanol–water partition coefficient (Wildman–Crippen LogP) is 4.61. The van der Waals surface area contributed by atoms with Gasteiger partial charge in [0.1, 0.15) is 11.7 Å². The van der Waals surface area contributed by atoms with Crippen molar-refractivity contribution in [3.63, 3.8) is 0 Å². The Morgan fingerprint density at radius 2 is 0.969 bits per heavy atom. The average Bonchev–Trinajstić information content (AvgIpc) is 2.75. The third-order valence-corrected chi connectivity index (χ3v) is 6.87. The SMILES string of the molecule is OC(O)CCCCCCCCCCCCCCCCC(O)NCCCC[C@@H](NP)C(O)S. The lowest BCUT2D eigenvalue weighted by Crippen LogP contribution is -2.32. The normalized spacial score (nSPS) is 14.7. The van der Waals surface area contributed by atoms with Crippen molar-refractivity contribution in [1.82, 2.24) is 10.4 Å². The zero-order chi connectivity index (χ0) is 23.9. The lowest BCUT2D eigenvalue weighted by Gasteiger charge is -2.18. The number of aliphatic hydroxyl groups excluding tert-OH is 3. The second-order valence-corrected chi connectivity index (χ2v) is 10.0. The minimum absolute atomic E-state index is 0.0105. The lowest BCUT2D eigenvalue weighted by molar-refractivity contribution is -0.0466. The topological polar surface area (TPSA) is 105 Å². The summed E-state index contributed by atoms with van der Waals surface area (Å²) in [6, 6.07) is -0.0105. The van der Waals surface area contributed by atoms with Gasteiger partial charge in [-0.15, -0.1) is 12.6 Å². The molecule has 3 unspecified atom stereocenters. The molecule has 0 bridgehead atoms. The molecule has 6 N–H and O–H groups in total. The fraction of sp³-hybridized carbons (Fsp3) is 1.00. The molecule has 0 aromatic rings. The van der Waals surface area contributed by atoms with Crippen molar-refractivity contribution in [2.45, 2.75) is 146 Å². The quantitative estimate of drug-likeness (QED) is 0.0431. The van der Waals surface area contributed by atoms with Crippen LogP contribution in [-0.2, 0) is 0 Å². The van der Waals surface area contributed by atoms with Crippen LogP contribution in [0.3, 0.4) is 0 Å². The molecule has 0 heterocycles. The molecule has 0 radical (unpaired) electrons. The highest BCUT2D eigenvalue weighted by Crippen LogP contribution is 2.14. The van der Waals surface area contributed by atoms with Crippen LogP contribution in [0.4, 0.5) is 0 Å². The Morgan fingerprint density at radius 1 is 0.562 bits per heavy atom. The van der Waals surface area contributed by atoms with E-state index in [1.165, 1.54) is 70.6 Å². The third-order valence-electron chi connectivity index (χ3n) is 6.09. The van der Waals surface area contributed by atoms with E-state index >= 15 is 0 Å². The van der Waals surface area contributed by atoms with Gasteiger partial charge >= 0.3 is 0 Å². The second-order valence-electron chi connectivity index (χ2n) is 9.16. The molecule has 0 saturated heterocycles. The number of aliphatic hydroxyl groups is 4. The Balaban J connectivity index is 3.23.